The van der Waals surface area contributed by atoms with Gasteiger partial charge in [-0.1, -0.05) is 18.2 Å². The van der Waals surface area contributed by atoms with Gasteiger partial charge in [-0.2, -0.15) is 0 Å². The Kier molecular flexibility index (Phi) is 3.50. The lowest BCUT2D eigenvalue weighted by Crippen LogP contribution is -2.11. The van der Waals surface area contributed by atoms with E-state index in [-0.39, 0.29) is 6.04 Å². The van der Waals surface area contributed by atoms with Gasteiger partial charge in [-0.05, 0) is 42.0 Å². The summed E-state index contributed by atoms with van der Waals surface area (Å²) in [5, 5.41) is 2.05. The Hall–Kier alpha value is -1.32. The van der Waals surface area contributed by atoms with Crippen molar-refractivity contribution in [2.45, 2.75) is 19.9 Å². The standard InChI is InChI=1S/C14H17NOS/c1-9-7-11(8-10(2)14(9)16-3)13(15)12-5-4-6-17-12/h4-8,13H,15H2,1-3H3/t13-/m0/s1. The zero-order chi connectivity index (χ0) is 12.4. The molecule has 0 aliphatic carbocycles. The molecule has 0 bridgehead atoms. The third kappa shape index (κ3) is 2.35. The third-order valence-corrected chi connectivity index (χ3v) is 3.85. The van der Waals surface area contributed by atoms with Gasteiger partial charge < -0.3 is 10.5 Å². The Morgan fingerprint density at radius 3 is 2.35 bits per heavy atom. The molecule has 1 atom stereocenters. The van der Waals surface area contributed by atoms with Crippen LogP contribution in [0.15, 0.2) is 29.6 Å². The summed E-state index contributed by atoms with van der Waals surface area (Å²) >= 11 is 1.69. The van der Waals surface area contributed by atoms with Gasteiger partial charge in [0.05, 0.1) is 13.2 Å². The zero-order valence-electron chi connectivity index (χ0n) is 10.4. The van der Waals surface area contributed by atoms with Gasteiger partial charge in [0.15, 0.2) is 0 Å². The Balaban J connectivity index is 2.40. The summed E-state index contributed by atoms with van der Waals surface area (Å²) in [7, 11) is 1.70. The molecular weight excluding hydrogens is 230 g/mol. The van der Waals surface area contributed by atoms with E-state index in [2.05, 4.69) is 37.4 Å². The minimum atomic E-state index is -0.0432. The SMILES string of the molecule is COc1c(C)cc([C@H](N)c2cccs2)cc1C. The fraction of sp³-hybridized carbons (Fsp3) is 0.286. The van der Waals surface area contributed by atoms with Crippen molar-refractivity contribution in [1.29, 1.82) is 0 Å². The maximum atomic E-state index is 6.26. The first-order chi connectivity index (χ1) is 8.13. The van der Waals surface area contributed by atoms with Crippen molar-refractivity contribution in [1.82, 2.24) is 0 Å². The molecule has 0 radical (unpaired) electrons. The average Bonchev–Trinajstić information content (AvgIpc) is 2.81. The fourth-order valence-electron chi connectivity index (χ4n) is 2.12. The van der Waals surface area contributed by atoms with Crippen LogP contribution < -0.4 is 10.5 Å². The number of thiophene rings is 1. The molecule has 2 aromatic rings. The normalized spacial score (nSPS) is 12.5. The molecule has 0 saturated carbocycles. The van der Waals surface area contributed by atoms with Crippen molar-refractivity contribution in [3.05, 3.63) is 51.2 Å². The monoisotopic (exact) mass is 247 g/mol. The van der Waals surface area contributed by atoms with Crippen molar-refractivity contribution >= 4 is 11.3 Å². The molecule has 0 aliphatic heterocycles. The molecule has 3 heteroatoms. The van der Waals surface area contributed by atoms with Crippen LogP contribution in [-0.2, 0) is 0 Å². The topological polar surface area (TPSA) is 35.2 Å². The zero-order valence-corrected chi connectivity index (χ0v) is 11.2. The van der Waals surface area contributed by atoms with Gasteiger partial charge in [0, 0.05) is 4.88 Å². The highest BCUT2D eigenvalue weighted by atomic mass is 32.1. The quantitative estimate of drug-likeness (QED) is 0.902. The van der Waals surface area contributed by atoms with E-state index >= 15 is 0 Å². The van der Waals surface area contributed by atoms with Crippen molar-refractivity contribution in [2.24, 2.45) is 5.73 Å². The fourth-order valence-corrected chi connectivity index (χ4v) is 2.87. The Morgan fingerprint density at radius 2 is 1.88 bits per heavy atom. The second kappa shape index (κ2) is 4.90. The average molecular weight is 247 g/mol. The number of aryl methyl sites for hydroxylation is 2. The molecule has 1 heterocycles. The molecule has 0 unspecified atom stereocenters. The molecule has 0 aliphatic rings. The van der Waals surface area contributed by atoms with Crippen LogP contribution in [0.2, 0.25) is 0 Å². The summed E-state index contributed by atoms with van der Waals surface area (Å²) in [6, 6.07) is 8.28. The van der Waals surface area contributed by atoms with E-state index in [4.69, 9.17) is 10.5 Å². The summed E-state index contributed by atoms with van der Waals surface area (Å²) in [4.78, 5) is 1.19. The van der Waals surface area contributed by atoms with E-state index in [9.17, 15) is 0 Å². The van der Waals surface area contributed by atoms with Crippen LogP contribution in [0, 0.1) is 13.8 Å². The number of methoxy groups -OCH3 is 1. The van der Waals surface area contributed by atoms with Crippen LogP contribution in [0.3, 0.4) is 0 Å². The second-order valence-corrected chi connectivity index (χ2v) is 5.16. The van der Waals surface area contributed by atoms with E-state index in [1.54, 1.807) is 18.4 Å². The smallest absolute Gasteiger partial charge is 0.124 e. The first kappa shape index (κ1) is 12.1. The summed E-state index contributed by atoms with van der Waals surface area (Å²) in [5.74, 6) is 0.951. The van der Waals surface area contributed by atoms with Crippen molar-refractivity contribution in [2.75, 3.05) is 7.11 Å². The van der Waals surface area contributed by atoms with Gasteiger partial charge in [0.1, 0.15) is 5.75 Å². The number of nitrogens with two attached hydrogens (primary N) is 1. The molecule has 1 aromatic heterocycles. The maximum absolute atomic E-state index is 6.26. The summed E-state index contributed by atoms with van der Waals surface area (Å²) in [6.07, 6.45) is 0. The number of hydrogen-bond donors (Lipinski definition) is 1. The minimum Gasteiger partial charge on any atom is -0.496 e. The van der Waals surface area contributed by atoms with Gasteiger partial charge in [-0.25, -0.2) is 0 Å². The lowest BCUT2D eigenvalue weighted by Gasteiger charge is -2.15. The van der Waals surface area contributed by atoms with Gasteiger partial charge >= 0.3 is 0 Å². The molecule has 1 aromatic carbocycles. The molecule has 2 rings (SSSR count). The van der Waals surface area contributed by atoms with Crippen LogP contribution in [0.4, 0.5) is 0 Å². The molecular formula is C14H17NOS. The van der Waals surface area contributed by atoms with Gasteiger partial charge in [0.25, 0.3) is 0 Å². The molecule has 0 saturated heterocycles. The molecule has 2 N–H and O–H groups in total. The predicted octanol–water partition coefficient (Wildman–Crippen LogP) is 3.42. The van der Waals surface area contributed by atoms with Crippen LogP contribution in [0.25, 0.3) is 0 Å². The Labute approximate surface area is 106 Å². The number of hydrogen-bond acceptors (Lipinski definition) is 3. The lowest BCUT2D eigenvalue weighted by molar-refractivity contribution is 0.408. The van der Waals surface area contributed by atoms with Crippen LogP contribution in [0.1, 0.15) is 27.6 Å². The Bertz CT molecular complexity index is 482. The van der Waals surface area contributed by atoms with Gasteiger partial charge in [-0.15, -0.1) is 11.3 Å². The van der Waals surface area contributed by atoms with E-state index in [0.717, 1.165) is 22.4 Å². The van der Waals surface area contributed by atoms with E-state index in [1.165, 1.54) is 4.88 Å². The first-order valence-corrected chi connectivity index (χ1v) is 6.45. The van der Waals surface area contributed by atoms with E-state index in [0.29, 0.717) is 0 Å². The summed E-state index contributed by atoms with van der Waals surface area (Å²) < 4.78 is 5.36. The van der Waals surface area contributed by atoms with Gasteiger partial charge in [0.2, 0.25) is 0 Å². The van der Waals surface area contributed by atoms with Crippen LogP contribution >= 0.6 is 11.3 Å². The third-order valence-electron chi connectivity index (χ3n) is 2.90. The molecule has 17 heavy (non-hydrogen) atoms. The van der Waals surface area contributed by atoms with Gasteiger partial charge in [-0.3, -0.25) is 0 Å². The van der Waals surface area contributed by atoms with Crippen molar-refractivity contribution in [3.8, 4) is 5.75 Å². The maximum Gasteiger partial charge on any atom is 0.124 e. The largest absolute Gasteiger partial charge is 0.496 e. The van der Waals surface area contributed by atoms with E-state index in [1.807, 2.05) is 6.07 Å². The molecule has 0 spiro atoms. The highest BCUT2D eigenvalue weighted by molar-refractivity contribution is 7.10. The molecule has 90 valence electrons. The highest BCUT2D eigenvalue weighted by Gasteiger charge is 2.13. The van der Waals surface area contributed by atoms with Crippen LogP contribution in [0.5, 0.6) is 5.75 Å². The molecule has 0 amide bonds. The van der Waals surface area contributed by atoms with Crippen LogP contribution in [-0.4, -0.2) is 7.11 Å². The van der Waals surface area contributed by atoms with Crippen molar-refractivity contribution in [3.63, 3.8) is 0 Å². The van der Waals surface area contributed by atoms with Crippen molar-refractivity contribution < 1.29 is 4.74 Å². The number of benzene rings is 1. The lowest BCUT2D eigenvalue weighted by atomic mass is 10.00. The predicted molar refractivity (Wildman–Crippen MR) is 72.8 cm³/mol. The summed E-state index contributed by atoms with van der Waals surface area (Å²) in [6.45, 7) is 4.10. The Morgan fingerprint density at radius 1 is 1.24 bits per heavy atom. The number of rotatable bonds is 3. The molecule has 2 nitrogen and oxygen atoms in total. The summed E-state index contributed by atoms with van der Waals surface area (Å²) in [5.41, 5.74) is 9.67. The number of ether oxygens (including phenoxy) is 1. The van der Waals surface area contributed by atoms with E-state index < -0.39 is 0 Å². The molecule has 0 fully saturated rings. The highest BCUT2D eigenvalue weighted by Crippen LogP contribution is 2.30. The first-order valence-electron chi connectivity index (χ1n) is 5.57. The minimum absolute atomic E-state index is 0.0432. The second-order valence-electron chi connectivity index (χ2n) is 4.18.